The van der Waals surface area contributed by atoms with Crippen molar-refractivity contribution in [3.05, 3.63) is 0 Å². The Labute approximate surface area is 100 Å². The summed E-state index contributed by atoms with van der Waals surface area (Å²) in [6.45, 7) is 3.21. The molecule has 10 heteroatoms. The van der Waals surface area contributed by atoms with Gasteiger partial charge in [-0.3, -0.25) is 4.52 Å². The molecule has 1 unspecified atom stereocenters. The lowest BCUT2D eigenvalue weighted by Gasteiger charge is -2.36. The molecule has 0 aromatic heterocycles. The van der Waals surface area contributed by atoms with Gasteiger partial charge in [-0.2, -0.15) is 17.6 Å². The summed E-state index contributed by atoms with van der Waals surface area (Å²) in [5.41, 5.74) is -0.496. The van der Waals surface area contributed by atoms with E-state index in [1.54, 1.807) is 13.8 Å². The van der Waals surface area contributed by atoms with E-state index >= 15 is 0 Å². The van der Waals surface area contributed by atoms with E-state index in [0.717, 1.165) is 0 Å². The second kappa shape index (κ2) is 5.11. The molecule has 0 aromatic rings. The minimum absolute atomic E-state index is 0.0735. The number of rotatable bonds is 3. The zero-order valence-electron chi connectivity index (χ0n) is 9.43. The second-order valence-corrected chi connectivity index (χ2v) is 5.62. The molecular formula is C8H11F6O3P. The first kappa shape index (κ1) is 15.9. The molecule has 1 fully saturated rings. The van der Waals surface area contributed by atoms with Crippen LogP contribution in [0.4, 0.5) is 26.3 Å². The van der Waals surface area contributed by atoms with Gasteiger partial charge in [-0.1, -0.05) is 13.8 Å². The van der Waals surface area contributed by atoms with Gasteiger partial charge in [0.15, 0.2) is 0 Å². The van der Waals surface area contributed by atoms with E-state index in [2.05, 4.69) is 13.6 Å². The molecule has 1 atom stereocenters. The summed E-state index contributed by atoms with van der Waals surface area (Å²) in [6.07, 6.45) is -10.3. The Morgan fingerprint density at radius 2 is 1.56 bits per heavy atom. The van der Waals surface area contributed by atoms with Gasteiger partial charge >= 0.3 is 27.1 Å². The van der Waals surface area contributed by atoms with Gasteiger partial charge < -0.3 is 9.05 Å². The van der Waals surface area contributed by atoms with E-state index in [1.807, 2.05) is 0 Å². The lowest BCUT2D eigenvalue weighted by atomic mass is 9.97. The molecule has 0 bridgehead atoms. The summed E-state index contributed by atoms with van der Waals surface area (Å²) in [5.74, 6) is -5.08. The van der Waals surface area contributed by atoms with Crippen LogP contribution in [0.3, 0.4) is 0 Å². The summed E-state index contributed by atoms with van der Waals surface area (Å²) in [7, 11) is -2.79. The maximum atomic E-state index is 13.2. The van der Waals surface area contributed by atoms with Gasteiger partial charge in [0, 0.05) is 5.41 Å². The Morgan fingerprint density at radius 1 is 1.11 bits per heavy atom. The van der Waals surface area contributed by atoms with Crippen molar-refractivity contribution in [2.75, 3.05) is 13.2 Å². The van der Waals surface area contributed by atoms with Crippen molar-refractivity contribution < 1.29 is 39.9 Å². The zero-order valence-corrected chi connectivity index (χ0v) is 10.3. The molecule has 1 rings (SSSR count). The third-order valence-electron chi connectivity index (χ3n) is 2.00. The summed E-state index contributed by atoms with van der Waals surface area (Å²) in [5, 5.41) is 0. The second-order valence-electron chi connectivity index (χ2n) is 4.47. The Balaban J connectivity index is 2.70. The first-order valence-electron chi connectivity index (χ1n) is 4.77. The van der Waals surface area contributed by atoms with Gasteiger partial charge in [0.2, 0.25) is 0 Å². The van der Waals surface area contributed by atoms with Crippen LogP contribution < -0.4 is 0 Å². The van der Waals surface area contributed by atoms with Crippen LogP contribution in [-0.4, -0.2) is 31.7 Å². The molecular weight excluding hydrogens is 289 g/mol. The van der Waals surface area contributed by atoms with Crippen LogP contribution in [0.5, 0.6) is 0 Å². The number of hydrogen-bond donors (Lipinski definition) is 0. The van der Waals surface area contributed by atoms with Gasteiger partial charge in [-0.25, -0.2) is 8.78 Å². The summed E-state index contributed by atoms with van der Waals surface area (Å²) >= 11 is 0. The highest BCUT2D eigenvalue weighted by molar-refractivity contribution is 7.41. The van der Waals surface area contributed by atoms with E-state index in [4.69, 9.17) is 0 Å². The number of halogens is 6. The third-order valence-corrected chi connectivity index (χ3v) is 3.09. The Morgan fingerprint density at radius 3 is 1.89 bits per heavy atom. The normalized spacial score (nSPS) is 25.2. The van der Waals surface area contributed by atoms with E-state index in [1.165, 1.54) is 0 Å². The quantitative estimate of drug-likeness (QED) is 0.586. The summed E-state index contributed by atoms with van der Waals surface area (Å²) in [6, 6.07) is 0. The number of alkyl halides is 6. The lowest BCUT2D eigenvalue weighted by molar-refractivity contribution is -0.343. The van der Waals surface area contributed by atoms with Crippen molar-refractivity contribution in [2.45, 2.75) is 32.3 Å². The van der Waals surface area contributed by atoms with Crippen LogP contribution in [-0.2, 0) is 13.6 Å². The molecule has 3 nitrogen and oxygen atoms in total. The largest absolute Gasteiger partial charge is 0.455 e. The third kappa shape index (κ3) is 3.46. The fraction of sp³-hybridized carbons (Fsp3) is 1.00. The summed E-state index contributed by atoms with van der Waals surface area (Å²) < 4.78 is 87.1. The van der Waals surface area contributed by atoms with Gasteiger partial charge in [-0.05, 0) is 0 Å². The van der Waals surface area contributed by atoms with Crippen molar-refractivity contribution in [2.24, 2.45) is 5.41 Å². The molecule has 18 heavy (non-hydrogen) atoms. The molecule has 0 aromatic carbocycles. The van der Waals surface area contributed by atoms with Crippen molar-refractivity contribution in [3.63, 3.8) is 0 Å². The molecule has 0 spiro atoms. The van der Waals surface area contributed by atoms with E-state index in [-0.39, 0.29) is 13.2 Å². The molecule has 108 valence electrons. The standard InChI is InChI=1S/C8H11F6O3P/c1-6(2)3-15-18(16-4-6)17-7(11,5(9)10)8(12,13)14/h5H,3-4H2,1-2H3. The predicted octanol–water partition coefficient (Wildman–Crippen LogP) is 3.80. The van der Waals surface area contributed by atoms with E-state index < -0.39 is 32.5 Å². The van der Waals surface area contributed by atoms with Gasteiger partial charge in [0.1, 0.15) is 0 Å². The molecule has 1 heterocycles. The molecule has 1 aliphatic rings. The summed E-state index contributed by atoms with van der Waals surface area (Å²) in [4.78, 5) is 0. The maximum Gasteiger partial charge on any atom is 0.455 e. The molecule has 0 amide bonds. The molecule has 1 aliphatic heterocycles. The van der Waals surface area contributed by atoms with Crippen molar-refractivity contribution in [1.29, 1.82) is 0 Å². The fourth-order valence-electron chi connectivity index (χ4n) is 0.910. The predicted molar refractivity (Wildman–Crippen MR) is 49.6 cm³/mol. The molecule has 0 radical (unpaired) electrons. The average molecular weight is 300 g/mol. The average Bonchev–Trinajstić information content (AvgIpc) is 2.19. The van der Waals surface area contributed by atoms with Crippen molar-refractivity contribution >= 4 is 8.60 Å². The first-order valence-corrected chi connectivity index (χ1v) is 5.86. The minimum atomic E-state index is -5.87. The lowest BCUT2D eigenvalue weighted by Crippen LogP contribution is -2.49. The van der Waals surface area contributed by atoms with Crippen LogP contribution in [0.1, 0.15) is 13.8 Å². The Bertz CT molecular complexity index is 287. The van der Waals surface area contributed by atoms with Crippen LogP contribution in [0, 0.1) is 5.41 Å². The number of hydrogen-bond acceptors (Lipinski definition) is 3. The van der Waals surface area contributed by atoms with Gasteiger partial charge in [0.05, 0.1) is 13.2 Å². The van der Waals surface area contributed by atoms with Crippen LogP contribution in [0.15, 0.2) is 0 Å². The van der Waals surface area contributed by atoms with Crippen LogP contribution in [0.2, 0.25) is 0 Å². The highest BCUT2D eigenvalue weighted by Gasteiger charge is 2.66. The van der Waals surface area contributed by atoms with Crippen molar-refractivity contribution in [3.8, 4) is 0 Å². The highest BCUT2D eigenvalue weighted by Crippen LogP contribution is 2.54. The van der Waals surface area contributed by atoms with E-state index in [9.17, 15) is 26.3 Å². The molecule has 0 aliphatic carbocycles. The topological polar surface area (TPSA) is 27.7 Å². The smallest absolute Gasteiger partial charge is 0.312 e. The van der Waals surface area contributed by atoms with Gasteiger partial charge in [-0.15, -0.1) is 0 Å². The monoisotopic (exact) mass is 300 g/mol. The first-order chi connectivity index (χ1) is 7.98. The Kier molecular flexibility index (Phi) is 4.53. The highest BCUT2D eigenvalue weighted by atomic mass is 31.2. The van der Waals surface area contributed by atoms with Crippen molar-refractivity contribution in [1.82, 2.24) is 0 Å². The molecule has 0 N–H and O–H groups in total. The molecule has 0 saturated carbocycles. The minimum Gasteiger partial charge on any atom is -0.312 e. The fourth-order valence-corrected chi connectivity index (χ4v) is 2.40. The zero-order chi connectivity index (χ0) is 14.2. The Hall–Kier alpha value is -0.110. The van der Waals surface area contributed by atoms with Crippen LogP contribution in [0.25, 0.3) is 0 Å². The van der Waals surface area contributed by atoms with E-state index in [0.29, 0.717) is 0 Å². The molecule has 1 saturated heterocycles. The maximum absolute atomic E-state index is 13.2. The van der Waals surface area contributed by atoms with Crippen LogP contribution >= 0.6 is 8.60 Å². The van der Waals surface area contributed by atoms with Gasteiger partial charge in [0.25, 0.3) is 0 Å². The SMILES string of the molecule is CC1(C)COP(OC(F)(C(F)F)C(F)(F)F)OC1.